The zero-order valence-electron chi connectivity index (χ0n) is 17.1. The van der Waals surface area contributed by atoms with Gasteiger partial charge in [-0.25, -0.2) is 0 Å². The molecule has 6 nitrogen and oxygen atoms in total. The highest BCUT2D eigenvalue weighted by atomic mass is 32.2. The van der Waals surface area contributed by atoms with Crippen molar-refractivity contribution in [3.05, 3.63) is 35.4 Å². The number of carbonyl (C=O) groups is 1. The van der Waals surface area contributed by atoms with Gasteiger partial charge in [0, 0.05) is 45.2 Å². The lowest BCUT2D eigenvalue weighted by atomic mass is 9.92. The fourth-order valence-electron chi connectivity index (χ4n) is 3.54. The third-order valence-electron chi connectivity index (χ3n) is 5.33. The largest absolute Gasteiger partial charge is 0.301 e. The molecule has 0 spiro atoms. The molecule has 2 rings (SSSR count). The van der Waals surface area contributed by atoms with Gasteiger partial charge in [0.2, 0.25) is 0 Å². The predicted molar refractivity (Wildman–Crippen MR) is 109 cm³/mol. The summed E-state index contributed by atoms with van der Waals surface area (Å²) in [5.41, 5.74) is 1.91. The topological polar surface area (TPSA) is 69.7 Å². The molecule has 0 radical (unpaired) electrons. The summed E-state index contributed by atoms with van der Waals surface area (Å²) in [6.07, 6.45) is 1.30. The van der Waals surface area contributed by atoms with Gasteiger partial charge in [-0.2, -0.15) is 17.4 Å². The number of hydrogen-bond donors (Lipinski definition) is 1. The van der Waals surface area contributed by atoms with E-state index >= 15 is 0 Å². The molecule has 1 aliphatic heterocycles. The number of nitrogens with zero attached hydrogens (tertiary/aromatic N) is 2. The van der Waals surface area contributed by atoms with Crippen LogP contribution in [-0.4, -0.2) is 63.2 Å². The maximum absolute atomic E-state index is 12.3. The Morgan fingerprint density at radius 3 is 2.41 bits per heavy atom. The minimum atomic E-state index is -3.44. The number of nitrogens with one attached hydrogen (secondary N) is 1. The lowest BCUT2D eigenvalue weighted by molar-refractivity contribution is 0.0975. The van der Waals surface area contributed by atoms with Crippen LogP contribution in [0.2, 0.25) is 0 Å². The summed E-state index contributed by atoms with van der Waals surface area (Å²) in [4.78, 5) is 14.6. The standard InChI is InChI=1S/C20H33N3O3S/c1-15(2)18-13-23(14-19(18)21-27(25,26)22(4)5)12-6-7-20(24)17-10-8-16(3)9-11-17/h8-11,15,18-19,21H,6-7,12-14H2,1-5H3/t18-,19+/m0/s1. The molecule has 0 aromatic heterocycles. The van der Waals surface area contributed by atoms with Crippen LogP contribution in [0.3, 0.4) is 0 Å². The first-order chi connectivity index (χ1) is 12.6. The van der Waals surface area contributed by atoms with Gasteiger partial charge in [0.05, 0.1) is 0 Å². The molecule has 0 saturated carbocycles. The Balaban J connectivity index is 1.88. The maximum Gasteiger partial charge on any atom is 0.279 e. The van der Waals surface area contributed by atoms with E-state index in [-0.39, 0.29) is 17.7 Å². The molecule has 0 amide bonds. The van der Waals surface area contributed by atoms with Crippen molar-refractivity contribution >= 4 is 16.0 Å². The number of ketones is 1. The molecule has 0 unspecified atom stereocenters. The van der Waals surface area contributed by atoms with Crippen LogP contribution in [0, 0.1) is 18.8 Å². The molecule has 1 fully saturated rings. The van der Waals surface area contributed by atoms with E-state index in [0.717, 1.165) is 30.6 Å². The summed E-state index contributed by atoms with van der Waals surface area (Å²) in [5, 5.41) is 0. The van der Waals surface area contributed by atoms with E-state index in [0.29, 0.717) is 18.9 Å². The summed E-state index contributed by atoms with van der Waals surface area (Å²) >= 11 is 0. The molecule has 1 aromatic carbocycles. The van der Waals surface area contributed by atoms with Crippen LogP contribution >= 0.6 is 0 Å². The molecular formula is C20H33N3O3S. The van der Waals surface area contributed by atoms with E-state index < -0.39 is 10.2 Å². The van der Waals surface area contributed by atoms with Gasteiger partial charge in [0.15, 0.2) is 5.78 Å². The fraction of sp³-hybridized carbons (Fsp3) is 0.650. The van der Waals surface area contributed by atoms with E-state index in [9.17, 15) is 13.2 Å². The molecule has 7 heteroatoms. The zero-order valence-corrected chi connectivity index (χ0v) is 17.9. The van der Waals surface area contributed by atoms with E-state index in [2.05, 4.69) is 23.5 Å². The van der Waals surface area contributed by atoms with Crippen molar-refractivity contribution in [2.75, 3.05) is 33.7 Å². The summed E-state index contributed by atoms with van der Waals surface area (Å²) in [5.74, 6) is 0.825. The molecule has 1 heterocycles. The van der Waals surface area contributed by atoms with Crippen molar-refractivity contribution in [2.24, 2.45) is 11.8 Å². The summed E-state index contributed by atoms with van der Waals surface area (Å²) in [7, 11) is -0.367. The van der Waals surface area contributed by atoms with Crippen molar-refractivity contribution < 1.29 is 13.2 Å². The Bertz CT molecular complexity index is 729. The molecule has 2 atom stereocenters. The Morgan fingerprint density at radius 1 is 1.22 bits per heavy atom. The number of carbonyl (C=O) groups excluding carboxylic acids is 1. The van der Waals surface area contributed by atoms with Crippen molar-refractivity contribution in [3.63, 3.8) is 0 Å². The normalized spacial score (nSPS) is 21.3. The first kappa shape index (κ1) is 22.0. The number of Topliss-reactive ketones (excluding diaryl/α,β-unsaturated/α-hetero) is 1. The van der Waals surface area contributed by atoms with Gasteiger partial charge in [-0.05, 0) is 31.7 Å². The Morgan fingerprint density at radius 2 is 1.85 bits per heavy atom. The van der Waals surface area contributed by atoms with Crippen LogP contribution < -0.4 is 4.72 Å². The second kappa shape index (κ2) is 9.28. The minimum Gasteiger partial charge on any atom is -0.301 e. The van der Waals surface area contributed by atoms with Gasteiger partial charge in [0.25, 0.3) is 10.2 Å². The summed E-state index contributed by atoms with van der Waals surface area (Å²) < 4.78 is 28.4. The third kappa shape index (κ3) is 6.10. The molecule has 1 aromatic rings. The van der Waals surface area contributed by atoms with Crippen LogP contribution in [0.4, 0.5) is 0 Å². The van der Waals surface area contributed by atoms with Crippen molar-refractivity contribution in [1.29, 1.82) is 0 Å². The van der Waals surface area contributed by atoms with E-state index in [1.54, 1.807) is 0 Å². The number of likely N-dealkylation sites (tertiary alicyclic amines) is 1. The van der Waals surface area contributed by atoms with Crippen LogP contribution in [0.25, 0.3) is 0 Å². The molecule has 1 aliphatic rings. The van der Waals surface area contributed by atoms with Crippen LogP contribution in [-0.2, 0) is 10.2 Å². The van der Waals surface area contributed by atoms with Crippen LogP contribution in [0.1, 0.15) is 42.6 Å². The van der Waals surface area contributed by atoms with Gasteiger partial charge >= 0.3 is 0 Å². The number of hydrogen-bond acceptors (Lipinski definition) is 4. The first-order valence-corrected chi connectivity index (χ1v) is 11.1. The second-order valence-electron chi connectivity index (χ2n) is 8.07. The average Bonchev–Trinajstić information content (AvgIpc) is 2.97. The first-order valence-electron chi connectivity index (χ1n) is 9.62. The van der Waals surface area contributed by atoms with Gasteiger partial charge in [-0.15, -0.1) is 0 Å². The van der Waals surface area contributed by atoms with Crippen LogP contribution in [0.15, 0.2) is 24.3 Å². The van der Waals surface area contributed by atoms with Gasteiger partial charge in [-0.1, -0.05) is 43.7 Å². The molecular weight excluding hydrogens is 362 g/mol. The second-order valence-corrected chi connectivity index (χ2v) is 9.99. The third-order valence-corrected chi connectivity index (χ3v) is 6.89. The van der Waals surface area contributed by atoms with Gasteiger partial charge in [0.1, 0.15) is 0 Å². The molecule has 152 valence electrons. The average molecular weight is 396 g/mol. The van der Waals surface area contributed by atoms with E-state index in [1.807, 2.05) is 31.2 Å². The van der Waals surface area contributed by atoms with Crippen molar-refractivity contribution in [1.82, 2.24) is 13.9 Å². The highest BCUT2D eigenvalue weighted by Gasteiger charge is 2.37. The quantitative estimate of drug-likeness (QED) is 0.652. The molecule has 1 saturated heterocycles. The highest BCUT2D eigenvalue weighted by Crippen LogP contribution is 2.25. The number of aryl methyl sites for hydroxylation is 1. The number of rotatable bonds is 9. The zero-order chi connectivity index (χ0) is 20.2. The van der Waals surface area contributed by atoms with Gasteiger partial charge in [-0.3, -0.25) is 4.79 Å². The van der Waals surface area contributed by atoms with Gasteiger partial charge < -0.3 is 4.90 Å². The molecule has 1 N–H and O–H groups in total. The Hall–Kier alpha value is -1.28. The molecule has 27 heavy (non-hydrogen) atoms. The van der Waals surface area contributed by atoms with Crippen LogP contribution in [0.5, 0.6) is 0 Å². The lowest BCUT2D eigenvalue weighted by Crippen LogP contribution is -2.46. The SMILES string of the molecule is Cc1ccc(C(=O)CCCN2C[C@@H](NS(=O)(=O)N(C)C)[C@H](C(C)C)C2)cc1. The lowest BCUT2D eigenvalue weighted by Gasteiger charge is -2.24. The smallest absolute Gasteiger partial charge is 0.279 e. The summed E-state index contributed by atoms with van der Waals surface area (Å²) in [6, 6.07) is 7.60. The minimum absolute atomic E-state index is 0.0924. The van der Waals surface area contributed by atoms with Crippen molar-refractivity contribution in [2.45, 2.75) is 39.7 Å². The Kier molecular flexibility index (Phi) is 7.56. The Labute approximate surface area is 164 Å². The molecule has 0 bridgehead atoms. The number of benzene rings is 1. The van der Waals surface area contributed by atoms with E-state index in [1.165, 1.54) is 18.4 Å². The fourth-order valence-corrected chi connectivity index (χ4v) is 4.38. The molecule has 0 aliphatic carbocycles. The highest BCUT2D eigenvalue weighted by molar-refractivity contribution is 7.87. The van der Waals surface area contributed by atoms with Crippen molar-refractivity contribution in [3.8, 4) is 0 Å². The predicted octanol–water partition coefficient (Wildman–Crippen LogP) is 2.31. The monoisotopic (exact) mass is 395 g/mol. The maximum atomic E-state index is 12.3. The summed E-state index contributed by atoms with van der Waals surface area (Å²) in [6.45, 7) is 8.62. The van der Waals surface area contributed by atoms with E-state index in [4.69, 9.17) is 0 Å².